The molecular weight excluding hydrogens is 218 g/mol. The molecule has 0 nitrogen and oxygen atoms in total. The fraction of sp³-hybridized carbons (Fsp3) is 0.133. The Hall–Kier alpha value is -1.70. The zero-order chi connectivity index (χ0) is 11.8. The van der Waals surface area contributed by atoms with Crippen molar-refractivity contribution in [3.8, 4) is 0 Å². The van der Waals surface area contributed by atoms with Crippen LogP contribution in [0.4, 0.5) is 8.78 Å². The second kappa shape index (κ2) is 3.95. The lowest BCUT2D eigenvalue weighted by Gasteiger charge is -2.02. The van der Waals surface area contributed by atoms with Crippen molar-refractivity contribution >= 4 is 0 Å². The minimum absolute atomic E-state index is 0.158. The van der Waals surface area contributed by atoms with Crippen LogP contribution in [-0.4, -0.2) is 0 Å². The van der Waals surface area contributed by atoms with Crippen LogP contribution in [0.3, 0.4) is 0 Å². The van der Waals surface area contributed by atoms with Gasteiger partial charge in [0.05, 0.1) is 0 Å². The smallest absolute Gasteiger partial charge is 0.126 e. The maximum atomic E-state index is 13.6. The van der Waals surface area contributed by atoms with Gasteiger partial charge in [-0.25, -0.2) is 8.78 Å². The van der Waals surface area contributed by atoms with Gasteiger partial charge in [0.25, 0.3) is 0 Å². The molecule has 0 N–H and O–H groups in total. The first-order valence-electron chi connectivity index (χ1n) is 5.62. The topological polar surface area (TPSA) is 0 Å². The van der Waals surface area contributed by atoms with Gasteiger partial charge < -0.3 is 0 Å². The monoisotopic (exact) mass is 229 g/mol. The minimum atomic E-state index is -0.238. The predicted molar refractivity (Wildman–Crippen MR) is 62.5 cm³/mol. The molecule has 0 aliphatic heterocycles. The number of rotatable bonds is 2. The number of benzene rings is 2. The van der Waals surface area contributed by atoms with Gasteiger partial charge >= 0.3 is 0 Å². The van der Waals surface area contributed by atoms with Crippen LogP contribution < -0.4 is 0 Å². The lowest BCUT2D eigenvalue weighted by atomic mass is 10.0. The first kappa shape index (κ1) is 10.5. The van der Waals surface area contributed by atoms with E-state index in [0.717, 1.165) is 17.5 Å². The fourth-order valence-corrected chi connectivity index (χ4v) is 2.20. The number of hydrogen-bond donors (Lipinski definition) is 0. The van der Waals surface area contributed by atoms with E-state index in [1.807, 2.05) is 12.1 Å². The lowest BCUT2D eigenvalue weighted by Crippen LogP contribution is -1.89. The van der Waals surface area contributed by atoms with E-state index in [9.17, 15) is 8.78 Å². The molecule has 0 heterocycles. The van der Waals surface area contributed by atoms with Gasteiger partial charge in [-0.1, -0.05) is 30.3 Å². The number of halogens is 2. The Morgan fingerprint density at radius 3 is 2.29 bits per heavy atom. The van der Waals surface area contributed by atoms with Crippen LogP contribution in [0.5, 0.6) is 0 Å². The number of hydrogen-bond acceptors (Lipinski definition) is 0. The predicted octanol–water partition coefficient (Wildman–Crippen LogP) is 4.07. The van der Waals surface area contributed by atoms with E-state index in [1.165, 1.54) is 24.1 Å². The Labute approximate surface area is 98.9 Å². The van der Waals surface area contributed by atoms with Crippen molar-refractivity contribution in [3.05, 3.63) is 77.2 Å². The third-order valence-electron chi connectivity index (χ3n) is 3.18. The second-order valence-corrected chi connectivity index (χ2v) is 4.31. The minimum Gasteiger partial charge on any atom is -0.207 e. The summed E-state index contributed by atoms with van der Waals surface area (Å²) in [5.41, 5.74) is 1.76. The molecular formula is C15H11F2. The molecule has 17 heavy (non-hydrogen) atoms. The van der Waals surface area contributed by atoms with E-state index >= 15 is 0 Å². The summed E-state index contributed by atoms with van der Waals surface area (Å²) in [5.74, 6) is 0.962. The van der Waals surface area contributed by atoms with Crippen molar-refractivity contribution < 1.29 is 8.78 Å². The summed E-state index contributed by atoms with van der Waals surface area (Å²) in [6.45, 7) is 0. The maximum absolute atomic E-state index is 13.6. The van der Waals surface area contributed by atoms with E-state index < -0.39 is 0 Å². The van der Waals surface area contributed by atoms with Crippen molar-refractivity contribution in [2.24, 2.45) is 0 Å². The Balaban J connectivity index is 1.83. The molecule has 3 rings (SSSR count). The van der Waals surface area contributed by atoms with E-state index in [-0.39, 0.29) is 17.6 Å². The van der Waals surface area contributed by atoms with Crippen LogP contribution >= 0.6 is 0 Å². The molecule has 1 radical (unpaired) electrons. The third-order valence-corrected chi connectivity index (χ3v) is 3.18. The van der Waals surface area contributed by atoms with Crippen molar-refractivity contribution in [2.45, 2.75) is 12.3 Å². The molecule has 1 atom stereocenters. The summed E-state index contributed by atoms with van der Waals surface area (Å²) < 4.78 is 26.3. The average Bonchev–Trinajstić information content (AvgIpc) is 3.11. The molecule has 1 aliphatic rings. The van der Waals surface area contributed by atoms with E-state index in [0.29, 0.717) is 0 Å². The molecule has 1 fully saturated rings. The van der Waals surface area contributed by atoms with Crippen LogP contribution in [0, 0.1) is 17.6 Å². The molecule has 0 bridgehead atoms. The molecule has 0 aromatic heterocycles. The molecule has 2 heteroatoms. The fourth-order valence-electron chi connectivity index (χ4n) is 2.20. The van der Waals surface area contributed by atoms with Gasteiger partial charge in [-0.15, -0.1) is 0 Å². The van der Waals surface area contributed by atoms with Crippen LogP contribution in [0.2, 0.25) is 0 Å². The third kappa shape index (κ3) is 1.95. The van der Waals surface area contributed by atoms with Crippen molar-refractivity contribution in [2.75, 3.05) is 0 Å². The highest BCUT2D eigenvalue weighted by atomic mass is 19.1. The molecule has 0 amide bonds. The molecule has 1 unspecified atom stereocenters. The van der Waals surface area contributed by atoms with E-state index in [2.05, 4.69) is 0 Å². The first-order chi connectivity index (χ1) is 8.25. The molecule has 2 aromatic carbocycles. The Morgan fingerprint density at radius 1 is 0.882 bits per heavy atom. The molecule has 0 saturated heterocycles. The molecule has 1 aliphatic carbocycles. The van der Waals surface area contributed by atoms with Gasteiger partial charge in [-0.3, -0.25) is 0 Å². The molecule has 0 spiro atoms. The van der Waals surface area contributed by atoms with E-state index in [1.54, 1.807) is 18.2 Å². The summed E-state index contributed by atoms with van der Waals surface area (Å²) >= 11 is 0. The average molecular weight is 229 g/mol. The summed E-state index contributed by atoms with van der Waals surface area (Å²) in [7, 11) is 0. The maximum Gasteiger partial charge on any atom is 0.126 e. The zero-order valence-electron chi connectivity index (χ0n) is 9.16. The summed E-state index contributed by atoms with van der Waals surface area (Å²) in [5, 5.41) is 0. The van der Waals surface area contributed by atoms with Crippen LogP contribution in [-0.2, 0) is 0 Å². The Bertz CT molecular complexity index is 531. The molecule has 1 saturated carbocycles. The van der Waals surface area contributed by atoms with Gasteiger partial charge in [0, 0.05) is 5.92 Å². The molecule has 2 aromatic rings. The van der Waals surface area contributed by atoms with Gasteiger partial charge in [0.15, 0.2) is 0 Å². The second-order valence-electron chi connectivity index (χ2n) is 4.31. The lowest BCUT2D eigenvalue weighted by molar-refractivity contribution is 0.611. The van der Waals surface area contributed by atoms with Gasteiger partial charge in [-0.2, -0.15) is 0 Å². The molecule has 85 valence electrons. The highest BCUT2D eigenvalue weighted by Gasteiger charge is 2.41. The van der Waals surface area contributed by atoms with Crippen molar-refractivity contribution in [1.29, 1.82) is 0 Å². The summed E-state index contributed by atoms with van der Waals surface area (Å²) in [6, 6.07) is 13.2. The van der Waals surface area contributed by atoms with E-state index in [4.69, 9.17) is 0 Å². The standard InChI is InChI=1S/C15H11F2/c16-11-7-5-10(6-8-11)13-9-14(13)12-3-1-2-4-15(12)17/h1-8,14H,9H2. The zero-order valence-corrected chi connectivity index (χ0v) is 9.16. The highest BCUT2D eigenvalue weighted by Crippen LogP contribution is 2.54. The van der Waals surface area contributed by atoms with Crippen LogP contribution in [0.1, 0.15) is 23.5 Å². The van der Waals surface area contributed by atoms with Gasteiger partial charge in [-0.05, 0) is 41.7 Å². The summed E-state index contributed by atoms with van der Waals surface area (Å²) in [6.07, 6.45) is 0.868. The largest absolute Gasteiger partial charge is 0.207 e. The first-order valence-corrected chi connectivity index (χ1v) is 5.62. The highest BCUT2D eigenvalue weighted by molar-refractivity contribution is 5.49. The normalized spacial score (nSPS) is 19.3. The van der Waals surface area contributed by atoms with Crippen LogP contribution in [0.25, 0.3) is 0 Å². The van der Waals surface area contributed by atoms with Gasteiger partial charge in [0.1, 0.15) is 11.6 Å². The van der Waals surface area contributed by atoms with Crippen molar-refractivity contribution in [3.63, 3.8) is 0 Å². The Kier molecular flexibility index (Phi) is 2.43. The van der Waals surface area contributed by atoms with Crippen LogP contribution in [0.15, 0.2) is 48.5 Å². The van der Waals surface area contributed by atoms with Crippen molar-refractivity contribution in [1.82, 2.24) is 0 Å². The summed E-state index contributed by atoms with van der Waals surface area (Å²) in [4.78, 5) is 0. The van der Waals surface area contributed by atoms with Gasteiger partial charge in [0.2, 0.25) is 0 Å². The SMILES string of the molecule is Fc1ccc([C]2CC2c2ccccc2F)cc1. The Morgan fingerprint density at radius 2 is 1.59 bits per heavy atom. The quantitative estimate of drug-likeness (QED) is 0.728.